The lowest BCUT2D eigenvalue weighted by atomic mass is 10.00. The van der Waals surface area contributed by atoms with E-state index in [9.17, 15) is 18.4 Å². The van der Waals surface area contributed by atoms with Gasteiger partial charge in [-0.3, -0.25) is 14.6 Å². The molecular formula is C28H18BrF2N3O3. The second-order valence-corrected chi connectivity index (χ2v) is 9.17. The second-order valence-electron chi connectivity index (χ2n) is 8.32. The summed E-state index contributed by atoms with van der Waals surface area (Å²) in [6, 6.07) is 13.0. The number of aromatic nitrogens is 3. The van der Waals surface area contributed by atoms with Crippen molar-refractivity contribution in [3.63, 3.8) is 0 Å². The highest BCUT2D eigenvalue weighted by Crippen LogP contribution is 2.31. The number of carbonyl (C=O) groups is 1. The predicted molar refractivity (Wildman–Crippen MR) is 139 cm³/mol. The lowest BCUT2D eigenvalue weighted by molar-refractivity contribution is 0.0991. The van der Waals surface area contributed by atoms with Gasteiger partial charge in [0.15, 0.2) is 28.5 Å². The number of aromatic amines is 1. The van der Waals surface area contributed by atoms with Crippen molar-refractivity contribution in [2.24, 2.45) is 0 Å². The van der Waals surface area contributed by atoms with E-state index in [1.165, 1.54) is 48.8 Å². The van der Waals surface area contributed by atoms with E-state index in [-0.39, 0.29) is 23.3 Å². The van der Waals surface area contributed by atoms with Crippen molar-refractivity contribution < 1.29 is 18.3 Å². The standard InChI is InChI=1S/C28H18BrF2N3O3/c1-15-21(29)12-23-27(34-15)26(8-9-33-23)37-25-7-2-16(10-22(25)31)11-24(35)20-14-32-13-19(28(20)36)17-3-5-18(30)6-4-17/h2-10,12-14H,11H2,1H3,(H,32,36). The molecule has 37 heavy (non-hydrogen) atoms. The van der Waals surface area contributed by atoms with Crippen LogP contribution in [0.3, 0.4) is 0 Å². The van der Waals surface area contributed by atoms with Crippen LogP contribution in [-0.4, -0.2) is 20.7 Å². The number of carbonyl (C=O) groups excluding carboxylic acids is 1. The Hall–Kier alpha value is -4.24. The molecule has 5 rings (SSSR count). The van der Waals surface area contributed by atoms with Crippen LogP contribution in [0.4, 0.5) is 8.78 Å². The minimum Gasteiger partial charge on any atom is -0.452 e. The number of benzene rings is 2. The van der Waals surface area contributed by atoms with Gasteiger partial charge in [0.25, 0.3) is 0 Å². The minimum atomic E-state index is -0.668. The molecule has 0 amide bonds. The van der Waals surface area contributed by atoms with Crippen LogP contribution in [0.2, 0.25) is 0 Å². The number of ether oxygens (including phenoxy) is 1. The number of fused-ring (bicyclic) bond motifs is 1. The Morgan fingerprint density at radius 3 is 2.57 bits per heavy atom. The monoisotopic (exact) mass is 561 g/mol. The lowest BCUT2D eigenvalue weighted by Crippen LogP contribution is -2.18. The molecule has 0 spiro atoms. The van der Waals surface area contributed by atoms with Crippen LogP contribution in [0.25, 0.3) is 22.2 Å². The van der Waals surface area contributed by atoms with Crippen molar-refractivity contribution in [3.8, 4) is 22.6 Å². The van der Waals surface area contributed by atoms with E-state index in [1.807, 2.05) is 13.0 Å². The summed E-state index contributed by atoms with van der Waals surface area (Å²) in [4.78, 5) is 37.4. The molecule has 0 atom stereocenters. The van der Waals surface area contributed by atoms with Gasteiger partial charge in [0, 0.05) is 41.1 Å². The normalized spacial score (nSPS) is 11.0. The van der Waals surface area contributed by atoms with E-state index in [0.29, 0.717) is 27.9 Å². The summed E-state index contributed by atoms with van der Waals surface area (Å²) in [5, 5.41) is 0. The van der Waals surface area contributed by atoms with Crippen molar-refractivity contribution in [2.45, 2.75) is 13.3 Å². The van der Waals surface area contributed by atoms with Gasteiger partial charge in [-0.05, 0) is 64.3 Å². The van der Waals surface area contributed by atoms with Gasteiger partial charge in [-0.25, -0.2) is 13.8 Å². The summed E-state index contributed by atoms with van der Waals surface area (Å²) < 4.78 is 34.8. The zero-order valence-electron chi connectivity index (χ0n) is 19.4. The molecule has 184 valence electrons. The Morgan fingerprint density at radius 2 is 1.81 bits per heavy atom. The number of H-pyrrole nitrogens is 1. The molecule has 3 aromatic heterocycles. The molecule has 0 fully saturated rings. The Kier molecular flexibility index (Phi) is 6.62. The van der Waals surface area contributed by atoms with Gasteiger partial charge in [0.1, 0.15) is 11.3 Å². The topological polar surface area (TPSA) is 84.9 Å². The zero-order chi connectivity index (χ0) is 26.1. The Bertz CT molecular complexity index is 1720. The number of halogens is 3. The summed E-state index contributed by atoms with van der Waals surface area (Å²) in [5.74, 6) is -1.28. The number of aryl methyl sites for hydroxylation is 1. The molecule has 0 saturated heterocycles. The zero-order valence-corrected chi connectivity index (χ0v) is 21.0. The molecule has 0 radical (unpaired) electrons. The molecule has 5 aromatic rings. The highest BCUT2D eigenvalue weighted by molar-refractivity contribution is 9.10. The van der Waals surface area contributed by atoms with Crippen molar-refractivity contribution in [1.29, 1.82) is 0 Å². The molecule has 0 aliphatic heterocycles. The van der Waals surface area contributed by atoms with Gasteiger partial charge < -0.3 is 9.72 Å². The van der Waals surface area contributed by atoms with Crippen LogP contribution in [0, 0.1) is 18.6 Å². The number of rotatable bonds is 6. The molecule has 9 heteroatoms. The fourth-order valence-electron chi connectivity index (χ4n) is 3.87. The predicted octanol–water partition coefficient (Wildman–Crippen LogP) is 6.55. The first-order valence-electron chi connectivity index (χ1n) is 11.2. The number of Topliss-reactive ketones (excluding diaryl/α,β-unsaturated/α-hetero) is 1. The fraction of sp³-hybridized carbons (Fsp3) is 0.0714. The maximum atomic E-state index is 15.0. The van der Waals surface area contributed by atoms with Crippen molar-refractivity contribution in [3.05, 3.63) is 116 Å². The Labute approximate surface area is 218 Å². The molecule has 3 heterocycles. The molecule has 6 nitrogen and oxygen atoms in total. The van der Waals surface area contributed by atoms with Gasteiger partial charge >= 0.3 is 0 Å². The smallest absolute Gasteiger partial charge is 0.200 e. The molecule has 0 bridgehead atoms. The summed E-state index contributed by atoms with van der Waals surface area (Å²) >= 11 is 3.42. The largest absolute Gasteiger partial charge is 0.452 e. The van der Waals surface area contributed by atoms with Gasteiger partial charge in [0.05, 0.1) is 16.8 Å². The van der Waals surface area contributed by atoms with Crippen LogP contribution in [0.1, 0.15) is 21.6 Å². The van der Waals surface area contributed by atoms with Crippen molar-refractivity contribution >= 4 is 32.7 Å². The number of pyridine rings is 3. The first-order chi connectivity index (χ1) is 17.8. The van der Waals surface area contributed by atoms with E-state index >= 15 is 0 Å². The number of nitrogens with zero attached hydrogens (tertiary/aromatic N) is 2. The SMILES string of the molecule is Cc1nc2c(Oc3ccc(CC(=O)c4c[nH]cc(-c5ccc(F)cc5)c4=O)cc3F)ccnc2cc1Br. The minimum absolute atomic E-state index is 0.0396. The molecule has 1 N–H and O–H groups in total. The highest BCUT2D eigenvalue weighted by Gasteiger charge is 2.17. The van der Waals surface area contributed by atoms with Crippen LogP contribution >= 0.6 is 15.9 Å². The molecule has 0 unspecified atom stereocenters. The summed E-state index contributed by atoms with van der Waals surface area (Å²) in [6.45, 7) is 1.83. The number of ketones is 1. The Balaban J connectivity index is 1.38. The van der Waals surface area contributed by atoms with Gasteiger partial charge in [-0.2, -0.15) is 0 Å². The van der Waals surface area contributed by atoms with Gasteiger partial charge in [0.2, 0.25) is 0 Å². The second kappa shape index (κ2) is 10.0. The first-order valence-corrected chi connectivity index (χ1v) is 12.0. The Morgan fingerprint density at radius 1 is 1.03 bits per heavy atom. The summed E-state index contributed by atoms with van der Waals surface area (Å²) in [6.07, 6.45) is 4.12. The van der Waals surface area contributed by atoms with Crippen LogP contribution in [0.15, 0.2) is 82.5 Å². The third-order valence-electron chi connectivity index (χ3n) is 5.79. The van der Waals surface area contributed by atoms with Crippen LogP contribution in [0.5, 0.6) is 11.5 Å². The van der Waals surface area contributed by atoms with Crippen LogP contribution < -0.4 is 10.2 Å². The third-order valence-corrected chi connectivity index (χ3v) is 6.59. The van der Waals surface area contributed by atoms with E-state index in [1.54, 1.807) is 18.3 Å². The molecule has 0 aliphatic carbocycles. The third kappa shape index (κ3) is 5.03. The van der Waals surface area contributed by atoms with E-state index in [2.05, 4.69) is 30.9 Å². The first kappa shape index (κ1) is 24.5. The summed E-state index contributed by atoms with van der Waals surface area (Å²) in [7, 11) is 0. The molecular weight excluding hydrogens is 544 g/mol. The van der Waals surface area contributed by atoms with Crippen molar-refractivity contribution in [2.75, 3.05) is 0 Å². The quantitative estimate of drug-likeness (QED) is 0.237. The number of nitrogens with one attached hydrogen (secondary N) is 1. The number of hydrogen-bond donors (Lipinski definition) is 1. The molecule has 2 aromatic carbocycles. The summed E-state index contributed by atoms with van der Waals surface area (Å²) in [5.41, 5.74) is 2.34. The van der Waals surface area contributed by atoms with Crippen molar-refractivity contribution in [1.82, 2.24) is 15.0 Å². The molecule has 0 saturated carbocycles. The average Bonchev–Trinajstić information content (AvgIpc) is 2.87. The fourth-order valence-corrected chi connectivity index (χ4v) is 4.17. The average molecular weight is 562 g/mol. The van der Waals surface area contributed by atoms with E-state index in [0.717, 1.165) is 10.2 Å². The maximum absolute atomic E-state index is 15.0. The van der Waals surface area contributed by atoms with Crippen LogP contribution in [-0.2, 0) is 6.42 Å². The highest BCUT2D eigenvalue weighted by atomic mass is 79.9. The lowest BCUT2D eigenvalue weighted by Gasteiger charge is -2.11. The van der Waals surface area contributed by atoms with Gasteiger partial charge in [-0.1, -0.05) is 18.2 Å². The van der Waals surface area contributed by atoms with Gasteiger partial charge in [-0.15, -0.1) is 0 Å². The van der Waals surface area contributed by atoms with E-state index in [4.69, 9.17) is 4.74 Å². The van der Waals surface area contributed by atoms with E-state index < -0.39 is 22.8 Å². The number of hydrogen-bond acceptors (Lipinski definition) is 5. The maximum Gasteiger partial charge on any atom is 0.200 e. The molecule has 0 aliphatic rings.